The van der Waals surface area contributed by atoms with Crippen molar-refractivity contribution in [1.29, 1.82) is 0 Å². The van der Waals surface area contributed by atoms with Crippen LogP contribution in [0, 0.1) is 0 Å². The van der Waals surface area contributed by atoms with Crippen LogP contribution < -0.4 is 5.73 Å². The van der Waals surface area contributed by atoms with E-state index < -0.39 is 11.9 Å². The molecule has 2 aliphatic rings. The number of esters is 1. The van der Waals surface area contributed by atoms with E-state index in [1.54, 1.807) is 23.1 Å². The van der Waals surface area contributed by atoms with Gasteiger partial charge >= 0.3 is 5.97 Å². The van der Waals surface area contributed by atoms with E-state index in [1.165, 1.54) is 23.1 Å². The van der Waals surface area contributed by atoms with Crippen LogP contribution in [0.3, 0.4) is 0 Å². The number of thioether (sulfide) groups is 1. The minimum atomic E-state index is -0.573. The summed E-state index contributed by atoms with van der Waals surface area (Å²) in [6.07, 6.45) is 1.80. The number of ketones is 1. The molecule has 0 fully saturated rings. The molecule has 1 atom stereocenters. The normalized spacial score (nSPS) is 18.7. The van der Waals surface area contributed by atoms with Gasteiger partial charge in [0.05, 0.1) is 23.2 Å². The average Bonchev–Trinajstić information content (AvgIpc) is 3.43. The van der Waals surface area contributed by atoms with E-state index in [2.05, 4.69) is 16.4 Å². The number of ether oxygens (including phenoxy) is 2. The van der Waals surface area contributed by atoms with E-state index in [0.717, 1.165) is 32.5 Å². The number of methoxy groups -OCH3 is 1. The number of thiazole rings is 1. The van der Waals surface area contributed by atoms with Crippen LogP contribution in [-0.2, 0) is 24.8 Å². The number of carbonyl (C=O) groups excluding carboxylic acids is 2. The first-order valence-electron chi connectivity index (χ1n) is 10.1. The molecule has 0 saturated heterocycles. The van der Waals surface area contributed by atoms with Gasteiger partial charge in [0.15, 0.2) is 10.1 Å². The highest BCUT2D eigenvalue weighted by Crippen LogP contribution is 2.46. The maximum atomic E-state index is 12.8. The first-order chi connectivity index (χ1) is 15.5. The number of Topliss-reactive ketones (excluding diaryl/α,β-unsaturated/α-hetero) is 1. The van der Waals surface area contributed by atoms with Gasteiger partial charge < -0.3 is 15.2 Å². The highest BCUT2D eigenvalue weighted by molar-refractivity contribution is 8.00. The van der Waals surface area contributed by atoms with Crippen molar-refractivity contribution in [2.45, 2.75) is 35.3 Å². The molecule has 0 bridgehead atoms. The molecule has 32 heavy (non-hydrogen) atoms. The average molecular weight is 485 g/mol. The summed E-state index contributed by atoms with van der Waals surface area (Å²) in [6.45, 7) is 0. The number of allylic oxidation sites excluding steroid dienone is 2. The quantitative estimate of drug-likeness (QED) is 0.397. The molecule has 0 spiro atoms. The summed E-state index contributed by atoms with van der Waals surface area (Å²) in [5.41, 5.74) is 8.97. The van der Waals surface area contributed by atoms with Crippen molar-refractivity contribution in [2.75, 3.05) is 7.11 Å². The molecule has 1 aromatic carbocycles. The van der Waals surface area contributed by atoms with E-state index in [4.69, 9.17) is 15.2 Å². The topological polar surface area (TPSA) is 91.5 Å². The molecule has 0 amide bonds. The molecule has 0 radical (unpaired) electrons. The zero-order chi connectivity index (χ0) is 22.2. The fourth-order valence-corrected chi connectivity index (χ4v) is 7.16. The monoisotopic (exact) mass is 484 g/mol. The zero-order valence-corrected chi connectivity index (χ0v) is 19.7. The lowest BCUT2D eigenvalue weighted by molar-refractivity contribution is -0.136. The molecule has 1 aliphatic carbocycles. The Bertz CT molecular complexity index is 1250. The molecule has 1 aliphatic heterocycles. The lowest BCUT2D eigenvalue weighted by Crippen LogP contribution is -2.30. The summed E-state index contributed by atoms with van der Waals surface area (Å²) in [5.74, 6) is 0.223. The Morgan fingerprint density at radius 1 is 1.34 bits per heavy atom. The summed E-state index contributed by atoms with van der Waals surface area (Å²) in [6, 6.07) is 10.1. The molecule has 3 heterocycles. The van der Waals surface area contributed by atoms with Crippen molar-refractivity contribution in [1.82, 2.24) is 4.98 Å². The number of rotatable bonds is 5. The smallest absolute Gasteiger partial charge is 0.340 e. The van der Waals surface area contributed by atoms with Crippen molar-refractivity contribution in [3.63, 3.8) is 0 Å². The van der Waals surface area contributed by atoms with Gasteiger partial charge in [0.2, 0.25) is 5.88 Å². The molecule has 9 heteroatoms. The second kappa shape index (κ2) is 8.73. The van der Waals surface area contributed by atoms with E-state index >= 15 is 0 Å². The first kappa shape index (κ1) is 21.2. The van der Waals surface area contributed by atoms with Gasteiger partial charge in [-0.25, -0.2) is 9.78 Å². The molecule has 2 N–H and O–H groups in total. The van der Waals surface area contributed by atoms with Crippen LogP contribution >= 0.6 is 34.4 Å². The molecule has 6 nitrogen and oxygen atoms in total. The molecule has 5 rings (SSSR count). The highest BCUT2D eigenvalue weighted by atomic mass is 32.2. The third-order valence-electron chi connectivity index (χ3n) is 5.48. The lowest BCUT2D eigenvalue weighted by Gasteiger charge is -2.31. The maximum absolute atomic E-state index is 12.8. The predicted octanol–water partition coefficient (Wildman–Crippen LogP) is 5.11. The van der Waals surface area contributed by atoms with Crippen molar-refractivity contribution in [3.05, 3.63) is 68.9 Å². The Hall–Kier alpha value is -2.62. The molecule has 164 valence electrons. The maximum Gasteiger partial charge on any atom is 0.340 e. The van der Waals surface area contributed by atoms with Crippen LogP contribution in [0.15, 0.2) is 62.8 Å². The Balaban J connectivity index is 1.44. The number of nitrogens with zero attached hydrogens (tertiary/aromatic N) is 1. The molecule has 3 aromatic rings. The Labute approximate surface area is 197 Å². The summed E-state index contributed by atoms with van der Waals surface area (Å²) >= 11 is 4.87. The molecule has 2 aromatic heterocycles. The summed E-state index contributed by atoms with van der Waals surface area (Å²) in [4.78, 5) is 30.9. The lowest BCUT2D eigenvalue weighted by atomic mass is 9.80. The summed E-state index contributed by atoms with van der Waals surface area (Å²) in [5, 5.41) is 2.06. The van der Waals surface area contributed by atoms with Gasteiger partial charge in [-0.1, -0.05) is 23.9 Å². The second-order valence-corrected chi connectivity index (χ2v) is 10.7. The number of aromatic nitrogens is 1. The number of benzene rings is 1. The van der Waals surface area contributed by atoms with Gasteiger partial charge in [-0.2, -0.15) is 0 Å². The number of nitrogens with two attached hydrogens (primary N) is 1. The molecule has 0 saturated carbocycles. The second-order valence-electron chi connectivity index (χ2n) is 7.51. The SMILES string of the molecule is COC(=O)C1=C(N)OC2=C(C(=O)CCC2)[C@@H]1c1cc(CSc2nc3ccccc3s2)cs1. The zero-order valence-electron chi connectivity index (χ0n) is 17.3. The van der Waals surface area contributed by atoms with E-state index in [9.17, 15) is 9.59 Å². The summed E-state index contributed by atoms with van der Waals surface area (Å²) in [7, 11) is 1.31. The van der Waals surface area contributed by atoms with Crippen LogP contribution in [0.4, 0.5) is 0 Å². The van der Waals surface area contributed by atoms with Crippen molar-refractivity contribution >= 4 is 56.4 Å². The highest BCUT2D eigenvalue weighted by Gasteiger charge is 2.41. The van der Waals surface area contributed by atoms with Gasteiger partial charge in [0.25, 0.3) is 0 Å². The largest absolute Gasteiger partial charge is 0.465 e. The molecular formula is C23H20N2O4S3. The molecular weight excluding hydrogens is 464 g/mol. The number of hydrogen-bond acceptors (Lipinski definition) is 9. The number of fused-ring (bicyclic) bond motifs is 1. The number of thiophene rings is 1. The van der Waals surface area contributed by atoms with E-state index in [0.29, 0.717) is 24.2 Å². The predicted molar refractivity (Wildman–Crippen MR) is 126 cm³/mol. The van der Waals surface area contributed by atoms with Crippen molar-refractivity contribution in [3.8, 4) is 0 Å². The Morgan fingerprint density at radius 2 is 2.19 bits per heavy atom. The van der Waals surface area contributed by atoms with E-state index in [-0.39, 0.29) is 17.2 Å². The van der Waals surface area contributed by atoms with Crippen molar-refractivity contribution < 1.29 is 19.1 Å². The van der Waals surface area contributed by atoms with Crippen LogP contribution in [0.1, 0.15) is 35.6 Å². The Kier molecular flexibility index (Phi) is 5.79. The third kappa shape index (κ3) is 3.85. The van der Waals surface area contributed by atoms with Crippen LogP contribution in [-0.4, -0.2) is 23.8 Å². The number of hydrogen-bond donors (Lipinski definition) is 1. The van der Waals surface area contributed by atoms with Crippen molar-refractivity contribution in [2.24, 2.45) is 5.73 Å². The number of carbonyl (C=O) groups is 2. The molecule has 0 unspecified atom stereocenters. The number of para-hydroxylation sites is 1. The summed E-state index contributed by atoms with van der Waals surface area (Å²) < 4.78 is 12.8. The fourth-order valence-electron chi connectivity index (χ4n) is 4.03. The van der Waals surface area contributed by atoms with Crippen LogP contribution in [0.5, 0.6) is 0 Å². The van der Waals surface area contributed by atoms with Crippen LogP contribution in [0.2, 0.25) is 0 Å². The van der Waals surface area contributed by atoms with Gasteiger partial charge in [-0.3, -0.25) is 4.79 Å². The third-order valence-corrected chi connectivity index (χ3v) is 8.78. The minimum absolute atomic E-state index is 0.00366. The van der Waals surface area contributed by atoms with Gasteiger partial charge in [0, 0.05) is 29.0 Å². The van der Waals surface area contributed by atoms with Gasteiger partial charge in [-0.05, 0) is 35.6 Å². The fraction of sp³-hybridized carbons (Fsp3) is 0.261. The van der Waals surface area contributed by atoms with Gasteiger partial charge in [-0.15, -0.1) is 22.7 Å². The van der Waals surface area contributed by atoms with Crippen LogP contribution in [0.25, 0.3) is 10.2 Å². The first-order valence-corrected chi connectivity index (χ1v) is 12.8. The van der Waals surface area contributed by atoms with E-state index in [1.807, 2.05) is 24.3 Å². The Morgan fingerprint density at radius 3 is 3.00 bits per heavy atom. The standard InChI is InChI=1S/C23H20N2O4S3/c1-28-22(27)20-19(18-14(26)6-4-7-15(18)29-21(20)24)17-9-12(10-30-17)11-31-23-25-13-5-2-3-8-16(13)32-23/h2-3,5,8-10,19H,4,6-7,11,24H2,1H3/t19-/m0/s1. The van der Waals surface area contributed by atoms with Gasteiger partial charge in [0.1, 0.15) is 11.3 Å². The minimum Gasteiger partial charge on any atom is -0.465 e.